The van der Waals surface area contributed by atoms with E-state index in [2.05, 4.69) is 29.0 Å². The molecule has 1 fully saturated rings. The van der Waals surface area contributed by atoms with Gasteiger partial charge in [-0.3, -0.25) is 9.52 Å². The molecule has 0 spiro atoms. The third kappa shape index (κ3) is 5.37. The van der Waals surface area contributed by atoms with Gasteiger partial charge in [0.25, 0.3) is 15.9 Å². The first-order chi connectivity index (χ1) is 15.4. The molecule has 0 unspecified atom stereocenters. The van der Waals surface area contributed by atoms with Gasteiger partial charge in [0.2, 0.25) is 0 Å². The van der Waals surface area contributed by atoms with Crippen LogP contribution in [0.5, 0.6) is 0 Å². The molecule has 0 bridgehead atoms. The van der Waals surface area contributed by atoms with Gasteiger partial charge in [0.05, 0.1) is 4.90 Å². The molecule has 0 radical (unpaired) electrons. The number of hydrogen-bond acceptors (Lipinski definition) is 3. The molecule has 1 aliphatic heterocycles. The second kappa shape index (κ2) is 9.57. The van der Waals surface area contributed by atoms with E-state index in [0.717, 1.165) is 24.8 Å². The quantitative estimate of drug-likeness (QED) is 0.584. The van der Waals surface area contributed by atoms with E-state index in [9.17, 15) is 13.2 Å². The van der Waals surface area contributed by atoms with Crippen LogP contribution in [-0.2, 0) is 16.4 Å². The fourth-order valence-electron chi connectivity index (χ4n) is 4.10. The van der Waals surface area contributed by atoms with Gasteiger partial charge >= 0.3 is 0 Å². The number of carbonyl (C=O) groups is 1. The Kier molecular flexibility index (Phi) is 6.61. The van der Waals surface area contributed by atoms with E-state index in [4.69, 9.17) is 0 Å². The second-order valence-corrected chi connectivity index (χ2v) is 10.1. The van der Waals surface area contributed by atoms with Crippen LogP contribution in [0, 0.1) is 12.8 Å². The smallest absolute Gasteiger partial charge is 0.261 e. The molecule has 0 aliphatic carbocycles. The topological polar surface area (TPSA) is 66.5 Å². The lowest BCUT2D eigenvalue weighted by atomic mass is 9.90. The number of likely N-dealkylation sites (tertiary alicyclic amines) is 1. The molecule has 1 aliphatic rings. The third-order valence-corrected chi connectivity index (χ3v) is 7.34. The van der Waals surface area contributed by atoms with Crippen molar-refractivity contribution in [2.75, 3.05) is 17.8 Å². The summed E-state index contributed by atoms with van der Waals surface area (Å²) < 4.78 is 28.2. The number of benzene rings is 3. The molecule has 0 atom stereocenters. The molecular weight excluding hydrogens is 420 g/mol. The number of amides is 1. The van der Waals surface area contributed by atoms with Crippen molar-refractivity contribution in [2.45, 2.75) is 31.1 Å². The van der Waals surface area contributed by atoms with Gasteiger partial charge in [-0.15, -0.1) is 0 Å². The van der Waals surface area contributed by atoms with Gasteiger partial charge in [-0.25, -0.2) is 8.42 Å². The summed E-state index contributed by atoms with van der Waals surface area (Å²) in [4.78, 5) is 15.0. The molecule has 4 rings (SSSR count). The van der Waals surface area contributed by atoms with Crippen LogP contribution in [0.3, 0.4) is 0 Å². The zero-order valence-electron chi connectivity index (χ0n) is 18.2. The first-order valence-corrected chi connectivity index (χ1v) is 12.4. The average Bonchev–Trinajstić information content (AvgIpc) is 2.81. The van der Waals surface area contributed by atoms with E-state index in [1.165, 1.54) is 17.7 Å². The van der Waals surface area contributed by atoms with Gasteiger partial charge in [0.15, 0.2) is 0 Å². The molecule has 6 heteroatoms. The Morgan fingerprint density at radius 2 is 1.62 bits per heavy atom. The lowest BCUT2D eigenvalue weighted by Crippen LogP contribution is -2.39. The maximum atomic E-state index is 13.1. The molecule has 0 saturated carbocycles. The minimum Gasteiger partial charge on any atom is -0.339 e. The third-order valence-electron chi connectivity index (χ3n) is 5.96. The SMILES string of the molecule is Cc1ccc(NS(=O)(=O)c2cccc(C(=O)N3CCC(Cc4ccccc4)CC3)c2)cc1. The molecule has 1 N–H and O–H groups in total. The van der Waals surface area contributed by atoms with E-state index in [0.29, 0.717) is 30.3 Å². The lowest BCUT2D eigenvalue weighted by Gasteiger charge is -2.32. The Hall–Kier alpha value is -3.12. The highest BCUT2D eigenvalue weighted by Gasteiger charge is 2.25. The molecule has 166 valence electrons. The van der Waals surface area contributed by atoms with Crippen molar-refractivity contribution < 1.29 is 13.2 Å². The summed E-state index contributed by atoms with van der Waals surface area (Å²) in [7, 11) is -3.78. The minimum absolute atomic E-state index is 0.0860. The molecule has 1 amide bonds. The van der Waals surface area contributed by atoms with Crippen molar-refractivity contribution in [3.63, 3.8) is 0 Å². The Morgan fingerprint density at radius 1 is 0.938 bits per heavy atom. The predicted octanol–water partition coefficient (Wildman–Crippen LogP) is 4.89. The molecule has 32 heavy (non-hydrogen) atoms. The Bertz CT molecular complexity index is 1170. The highest BCUT2D eigenvalue weighted by molar-refractivity contribution is 7.92. The number of carbonyl (C=O) groups excluding carboxylic acids is 1. The monoisotopic (exact) mass is 448 g/mol. The summed E-state index contributed by atoms with van der Waals surface area (Å²) in [6, 6.07) is 23.9. The zero-order valence-corrected chi connectivity index (χ0v) is 19.0. The predicted molar refractivity (Wildman–Crippen MR) is 127 cm³/mol. The lowest BCUT2D eigenvalue weighted by molar-refractivity contribution is 0.0690. The van der Waals surface area contributed by atoms with Gasteiger partial charge in [-0.05, 0) is 68.0 Å². The molecule has 3 aromatic rings. The minimum atomic E-state index is -3.78. The van der Waals surface area contributed by atoms with E-state index in [-0.39, 0.29) is 10.8 Å². The van der Waals surface area contributed by atoms with Crippen LogP contribution in [0.4, 0.5) is 5.69 Å². The van der Waals surface area contributed by atoms with Crippen molar-refractivity contribution in [1.82, 2.24) is 4.90 Å². The number of piperidine rings is 1. The summed E-state index contributed by atoms with van der Waals surface area (Å²) in [5, 5.41) is 0. The number of nitrogens with zero attached hydrogens (tertiary/aromatic N) is 1. The van der Waals surface area contributed by atoms with Gasteiger partial charge in [-0.2, -0.15) is 0 Å². The largest absolute Gasteiger partial charge is 0.339 e. The normalized spacial score (nSPS) is 14.8. The molecular formula is C26H28N2O3S. The van der Waals surface area contributed by atoms with Gasteiger partial charge in [-0.1, -0.05) is 54.1 Å². The number of nitrogens with one attached hydrogen (secondary N) is 1. The van der Waals surface area contributed by atoms with E-state index >= 15 is 0 Å². The zero-order chi connectivity index (χ0) is 22.6. The number of sulfonamides is 1. The summed E-state index contributed by atoms with van der Waals surface area (Å²) in [5.41, 5.74) is 3.27. The Labute approximate surface area is 190 Å². The average molecular weight is 449 g/mol. The molecule has 1 heterocycles. The first kappa shape index (κ1) is 22.1. The van der Waals surface area contributed by atoms with E-state index < -0.39 is 10.0 Å². The van der Waals surface area contributed by atoms with Crippen molar-refractivity contribution >= 4 is 21.6 Å². The molecule has 0 aromatic heterocycles. The van der Waals surface area contributed by atoms with Crippen LogP contribution in [0.25, 0.3) is 0 Å². The number of hydrogen-bond donors (Lipinski definition) is 1. The van der Waals surface area contributed by atoms with Crippen molar-refractivity contribution in [3.05, 3.63) is 95.6 Å². The van der Waals surface area contributed by atoms with Gasteiger partial charge < -0.3 is 4.90 Å². The highest BCUT2D eigenvalue weighted by atomic mass is 32.2. The summed E-state index contributed by atoms with van der Waals surface area (Å²) >= 11 is 0. The van der Waals surface area contributed by atoms with Crippen LogP contribution in [0.15, 0.2) is 83.8 Å². The molecule has 1 saturated heterocycles. The van der Waals surface area contributed by atoms with Crippen molar-refractivity contribution in [2.24, 2.45) is 5.92 Å². The van der Waals surface area contributed by atoms with E-state index in [1.807, 2.05) is 30.0 Å². The maximum absolute atomic E-state index is 13.1. The van der Waals surface area contributed by atoms with Crippen molar-refractivity contribution in [3.8, 4) is 0 Å². The summed E-state index contributed by atoms with van der Waals surface area (Å²) in [5.74, 6) is 0.447. The molecule has 5 nitrogen and oxygen atoms in total. The number of rotatable bonds is 6. The summed E-state index contributed by atoms with van der Waals surface area (Å²) in [6.45, 7) is 3.32. The van der Waals surface area contributed by atoms with Crippen LogP contribution < -0.4 is 4.72 Å². The van der Waals surface area contributed by atoms with Crippen LogP contribution in [0.2, 0.25) is 0 Å². The fraction of sp³-hybridized carbons (Fsp3) is 0.269. The second-order valence-electron chi connectivity index (χ2n) is 8.42. The van der Waals surface area contributed by atoms with Crippen molar-refractivity contribution in [1.29, 1.82) is 0 Å². The maximum Gasteiger partial charge on any atom is 0.261 e. The Balaban J connectivity index is 1.40. The number of aryl methyl sites for hydroxylation is 1. The van der Waals surface area contributed by atoms with E-state index in [1.54, 1.807) is 24.3 Å². The number of anilines is 1. The van der Waals surface area contributed by atoms with Crippen LogP contribution >= 0.6 is 0 Å². The fourth-order valence-corrected chi connectivity index (χ4v) is 5.21. The van der Waals surface area contributed by atoms with Gasteiger partial charge in [0, 0.05) is 24.3 Å². The highest BCUT2D eigenvalue weighted by Crippen LogP contribution is 2.24. The first-order valence-electron chi connectivity index (χ1n) is 10.9. The Morgan fingerprint density at radius 3 is 2.31 bits per heavy atom. The van der Waals surface area contributed by atoms with Crippen LogP contribution in [-0.4, -0.2) is 32.3 Å². The standard InChI is InChI=1S/C26H28N2O3S/c1-20-10-12-24(13-11-20)27-32(30,31)25-9-5-8-23(19-25)26(29)28-16-14-22(15-17-28)18-21-6-3-2-4-7-21/h2-13,19,22,27H,14-18H2,1H3. The van der Waals surface area contributed by atoms with Crippen LogP contribution in [0.1, 0.15) is 34.3 Å². The summed E-state index contributed by atoms with van der Waals surface area (Å²) in [6.07, 6.45) is 2.93. The molecule has 3 aromatic carbocycles. The van der Waals surface area contributed by atoms with Gasteiger partial charge in [0.1, 0.15) is 0 Å².